The summed E-state index contributed by atoms with van der Waals surface area (Å²) in [5.41, 5.74) is 7.47. The third-order valence-electron chi connectivity index (χ3n) is 3.55. The van der Waals surface area contributed by atoms with Crippen molar-refractivity contribution >= 4 is 17.3 Å². The monoisotopic (exact) mass is 264 g/mol. The van der Waals surface area contributed by atoms with Crippen LogP contribution in [0.15, 0.2) is 18.2 Å². The zero-order chi connectivity index (χ0) is 13.8. The first-order chi connectivity index (χ1) is 9.15. The van der Waals surface area contributed by atoms with Gasteiger partial charge in [0.15, 0.2) is 0 Å². The normalized spacial score (nSPS) is 22.2. The second kappa shape index (κ2) is 5.93. The Morgan fingerprint density at radius 1 is 1.37 bits per heavy atom. The predicted octanol–water partition coefficient (Wildman–Crippen LogP) is 2.03. The molecule has 3 N–H and O–H groups in total. The average molecular weight is 264 g/mol. The Labute approximate surface area is 113 Å². The fourth-order valence-electron chi connectivity index (χ4n) is 2.54. The fraction of sp³-hybridized carbons (Fsp3) is 0.500. The lowest BCUT2D eigenvalue weighted by molar-refractivity contribution is 0.0601. The first-order valence-corrected chi connectivity index (χ1v) is 6.43. The number of nitrogens with two attached hydrogens (primary N) is 1. The Kier molecular flexibility index (Phi) is 4.27. The van der Waals surface area contributed by atoms with E-state index in [4.69, 9.17) is 15.2 Å². The third kappa shape index (κ3) is 2.98. The summed E-state index contributed by atoms with van der Waals surface area (Å²) in [6.07, 6.45) is 3.38. The van der Waals surface area contributed by atoms with E-state index in [9.17, 15) is 4.79 Å². The van der Waals surface area contributed by atoms with E-state index in [0.717, 1.165) is 24.9 Å². The molecule has 5 heteroatoms. The molecule has 19 heavy (non-hydrogen) atoms. The number of nitrogens with one attached hydrogen (secondary N) is 1. The number of hydrogen-bond donors (Lipinski definition) is 2. The summed E-state index contributed by atoms with van der Waals surface area (Å²) in [4.78, 5) is 11.8. The van der Waals surface area contributed by atoms with Crippen molar-refractivity contribution in [3.63, 3.8) is 0 Å². The van der Waals surface area contributed by atoms with E-state index >= 15 is 0 Å². The van der Waals surface area contributed by atoms with Gasteiger partial charge in [-0.3, -0.25) is 0 Å². The van der Waals surface area contributed by atoms with Crippen molar-refractivity contribution in [2.75, 3.05) is 25.3 Å². The van der Waals surface area contributed by atoms with E-state index in [-0.39, 0.29) is 18.1 Å². The Bertz CT molecular complexity index is 462. The maximum absolute atomic E-state index is 11.8. The highest BCUT2D eigenvalue weighted by Gasteiger charge is 2.28. The topological polar surface area (TPSA) is 73.6 Å². The summed E-state index contributed by atoms with van der Waals surface area (Å²) >= 11 is 0. The quantitative estimate of drug-likeness (QED) is 0.643. The molecule has 1 aliphatic rings. The molecular weight excluding hydrogens is 244 g/mol. The Morgan fingerprint density at radius 3 is 2.84 bits per heavy atom. The van der Waals surface area contributed by atoms with Gasteiger partial charge in [0.25, 0.3) is 0 Å². The molecule has 1 saturated carbocycles. The van der Waals surface area contributed by atoms with Gasteiger partial charge in [-0.25, -0.2) is 4.79 Å². The van der Waals surface area contributed by atoms with Gasteiger partial charge >= 0.3 is 5.97 Å². The first-order valence-electron chi connectivity index (χ1n) is 6.43. The minimum absolute atomic E-state index is 0.183. The number of esters is 1. The van der Waals surface area contributed by atoms with Crippen molar-refractivity contribution in [1.82, 2.24) is 0 Å². The van der Waals surface area contributed by atoms with Crippen LogP contribution >= 0.6 is 0 Å². The van der Waals surface area contributed by atoms with Crippen LogP contribution in [0, 0.1) is 0 Å². The van der Waals surface area contributed by atoms with Gasteiger partial charge in [-0.2, -0.15) is 0 Å². The largest absolute Gasteiger partial charge is 0.465 e. The highest BCUT2D eigenvalue weighted by molar-refractivity contribution is 5.96. The van der Waals surface area contributed by atoms with Crippen LogP contribution in [-0.2, 0) is 9.47 Å². The van der Waals surface area contributed by atoms with Crippen molar-refractivity contribution in [2.45, 2.75) is 31.4 Å². The number of hydrogen-bond acceptors (Lipinski definition) is 5. The molecule has 0 bridgehead atoms. The van der Waals surface area contributed by atoms with Crippen LogP contribution in [0.4, 0.5) is 11.4 Å². The number of ether oxygens (including phenoxy) is 2. The molecule has 0 aromatic heterocycles. The predicted molar refractivity (Wildman–Crippen MR) is 74.3 cm³/mol. The number of carbonyl (C=O) groups excluding carboxylic acids is 1. The molecule has 0 radical (unpaired) electrons. The van der Waals surface area contributed by atoms with Crippen LogP contribution < -0.4 is 11.1 Å². The van der Waals surface area contributed by atoms with Crippen molar-refractivity contribution in [2.24, 2.45) is 0 Å². The van der Waals surface area contributed by atoms with E-state index in [1.165, 1.54) is 7.11 Å². The van der Waals surface area contributed by atoms with E-state index in [1.54, 1.807) is 19.2 Å². The lowest BCUT2D eigenvalue weighted by Crippen LogP contribution is -2.30. The minimum Gasteiger partial charge on any atom is -0.465 e. The van der Waals surface area contributed by atoms with Gasteiger partial charge in [-0.15, -0.1) is 0 Å². The Morgan fingerprint density at radius 2 is 2.16 bits per heavy atom. The maximum Gasteiger partial charge on any atom is 0.340 e. The van der Waals surface area contributed by atoms with Crippen LogP contribution in [0.2, 0.25) is 0 Å². The van der Waals surface area contributed by atoms with Gasteiger partial charge in [0.1, 0.15) is 0 Å². The molecule has 0 aliphatic heterocycles. The molecule has 1 aliphatic carbocycles. The second-order valence-corrected chi connectivity index (χ2v) is 4.75. The van der Waals surface area contributed by atoms with Gasteiger partial charge in [0.2, 0.25) is 0 Å². The number of rotatable bonds is 4. The molecule has 1 aromatic carbocycles. The van der Waals surface area contributed by atoms with Crippen molar-refractivity contribution in [1.29, 1.82) is 0 Å². The maximum atomic E-state index is 11.8. The number of methoxy groups -OCH3 is 2. The average Bonchev–Trinajstić information content (AvgIpc) is 2.87. The van der Waals surface area contributed by atoms with Crippen molar-refractivity contribution < 1.29 is 14.3 Å². The minimum atomic E-state index is -0.387. The molecule has 2 rings (SSSR count). The molecule has 0 spiro atoms. The molecule has 5 nitrogen and oxygen atoms in total. The molecule has 1 fully saturated rings. The summed E-state index contributed by atoms with van der Waals surface area (Å²) < 4.78 is 10.2. The Balaban J connectivity index is 2.22. The summed E-state index contributed by atoms with van der Waals surface area (Å²) in [6, 6.07) is 5.43. The van der Waals surface area contributed by atoms with Gasteiger partial charge in [0, 0.05) is 18.5 Å². The third-order valence-corrected chi connectivity index (χ3v) is 3.55. The molecule has 2 unspecified atom stereocenters. The standard InChI is InChI=1S/C14H20N2O3/c1-18-13-5-3-4-12(13)16-11-7-6-9(15)8-10(11)14(17)19-2/h6-8,12-13,16H,3-5,15H2,1-2H3. The van der Waals surface area contributed by atoms with Crippen LogP contribution in [-0.4, -0.2) is 32.3 Å². The summed E-state index contributed by atoms with van der Waals surface area (Å²) in [5, 5.41) is 3.37. The number of carbonyl (C=O) groups is 1. The molecule has 0 heterocycles. The highest BCUT2D eigenvalue weighted by Crippen LogP contribution is 2.28. The Hall–Kier alpha value is -1.75. The van der Waals surface area contributed by atoms with Crippen LogP contribution in [0.5, 0.6) is 0 Å². The molecule has 2 atom stereocenters. The summed E-state index contributed by atoms with van der Waals surface area (Å²) in [7, 11) is 3.08. The number of nitrogen functional groups attached to an aromatic ring is 1. The van der Waals surface area contributed by atoms with Crippen molar-refractivity contribution in [3.8, 4) is 0 Å². The molecule has 0 saturated heterocycles. The van der Waals surface area contributed by atoms with Crippen LogP contribution in [0.3, 0.4) is 0 Å². The van der Waals surface area contributed by atoms with Crippen LogP contribution in [0.1, 0.15) is 29.6 Å². The zero-order valence-electron chi connectivity index (χ0n) is 11.3. The second-order valence-electron chi connectivity index (χ2n) is 4.75. The lowest BCUT2D eigenvalue weighted by atomic mass is 10.1. The smallest absolute Gasteiger partial charge is 0.340 e. The van der Waals surface area contributed by atoms with Gasteiger partial charge < -0.3 is 20.5 Å². The highest BCUT2D eigenvalue weighted by atomic mass is 16.5. The molecule has 1 aromatic rings. The van der Waals surface area contributed by atoms with E-state index in [1.807, 2.05) is 6.07 Å². The van der Waals surface area contributed by atoms with Gasteiger partial charge in [0.05, 0.1) is 24.8 Å². The SMILES string of the molecule is COC(=O)c1cc(N)ccc1NC1CCCC1OC. The van der Waals surface area contributed by atoms with E-state index in [0.29, 0.717) is 11.3 Å². The van der Waals surface area contributed by atoms with E-state index in [2.05, 4.69) is 5.32 Å². The van der Waals surface area contributed by atoms with Crippen molar-refractivity contribution in [3.05, 3.63) is 23.8 Å². The first kappa shape index (κ1) is 13.7. The molecule has 0 amide bonds. The summed E-state index contributed by atoms with van der Waals surface area (Å²) in [6.45, 7) is 0. The lowest BCUT2D eigenvalue weighted by Gasteiger charge is -2.22. The zero-order valence-corrected chi connectivity index (χ0v) is 11.3. The fourth-order valence-corrected chi connectivity index (χ4v) is 2.54. The molecular formula is C14H20N2O3. The molecule has 104 valence electrons. The van der Waals surface area contributed by atoms with Gasteiger partial charge in [-0.1, -0.05) is 0 Å². The van der Waals surface area contributed by atoms with E-state index < -0.39 is 0 Å². The number of anilines is 2. The summed E-state index contributed by atoms with van der Waals surface area (Å²) in [5.74, 6) is -0.387. The van der Waals surface area contributed by atoms with Crippen LogP contribution in [0.25, 0.3) is 0 Å². The number of benzene rings is 1. The van der Waals surface area contributed by atoms with Gasteiger partial charge in [-0.05, 0) is 37.5 Å².